The van der Waals surface area contributed by atoms with Gasteiger partial charge in [-0.25, -0.2) is 9.37 Å². The third-order valence-corrected chi connectivity index (χ3v) is 4.69. The van der Waals surface area contributed by atoms with Crippen LogP contribution < -0.4 is 5.32 Å². The molecule has 1 aromatic carbocycles. The van der Waals surface area contributed by atoms with Gasteiger partial charge >= 0.3 is 0 Å². The molecule has 0 radical (unpaired) electrons. The predicted molar refractivity (Wildman–Crippen MR) is 84.1 cm³/mol. The molecule has 1 atom stereocenters. The summed E-state index contributed by atoms with van der Waals surface area (Å²) in [4.78, 5) is 19.0. The van der Waals surface area contributed by atoms with Gasteiger partial charge in [0.15, 0.2) is 0 Å². The second-order valence-electron chi connectivity index (χ2n) is 5.52. The third-order valence-electron chi connectivity index (χ3n) is 3.87. The fraction of sp³-hybridized carbons (Fsp3) is 0.375. The molecule has 1 unspecified atom stereocenters. The van der Waals surface area contributed by atoms with Gasteiger partial charge in [0, 0.05) is 25.0 Å². The van der Waals surface area contributed by atoms with E-state index in [1.165, 1.54) is 12.1 Å². The molecule has 6 heteroatoms. The van der Waals surface area contributed by atoms with Crippen LogP contribution in [0.2, 0.25) is 0 Å². The number of hydrogen-bond donors (Lipinski definition) is 1. The Morgan fingerprint density at radius 1 is 1.45 bits per heavy atom. The Labute approximate surface area is 133 Å². The number of amides is 1. The second kappa shape index (κ2) is 6.14. The zero-order chi connectivity index (χ0) is 15.7. The van der Waals surface area contributed by atoms with Crippen molar-refractivity contribution < 1.29 is 9.18 Å². The van der Waals surface area contributed by atoms with Crippen LogP contribution >= 0.6 is 11.3 Å². The number of hydrogen-bond acceptors (Lipinski definition) is 4. The van der Waals surface area contributed by atoms with E-state index in [0.717, 1.165) is 28.4 Å². The van der Waals surface area contributed by atoms with Crippen LogP contribution in [-0.2, 0) is 11.3 Å². The quantitative estimate of drug-likeness (QED) is 0.946. The van der Waals surface area contributed by atoms with E-state index in [-0.39, 0.29) is 11.7 Å². The molecule has 1 aliphatic rings. The van der Waals surface area contributed by atoms with Crippen molar-refractivity contribution >= 4 is 17.2 Å². The van der Waals surface area contributed by atoms with E-state index in [1.54, 1.807) is 17.4 Å². The summed E-state index contributed by atoms with van der Waals surface area (Å²) in [6, 6.07) is 4.20. The summed E-state index contributed by atoms with van der Waals surface area (Å²) >= 11 is 1.61. The number of rotatable bonds is 3. The van der Waals surface area contributed by atoms with Gasteiger partial charge in [-0.3, -0.25) is 9.69 Å². The first-order valence-electron chi connectivity index (χ1n) is 7.23. The summed E-state index contributed by atoms with van der Waals surface area (Å²) in [5.41, 5.74) is 2.62. The first kappa shape index (κ1) is 15.1. The number of piperazine rings is 1. The Balaban J connectivity index is 1.91. The molecule has 0 bridgehead atoms. The number of halogens is 1. The molecule has 116 valence electrons. The van der Waals surface area contributed by atoms with Crippen molar-refractivity contribution in [3.05, 3.63) is 51.2 Å². The molecule has 1 N–H and O–H groups in total. The van der Waals surface area contributed by atoms with E-state index in [9.17, 15) is 9.18 Å². The van der Waals surface area contributed by atoms with Crippen molar-refractivity contribution in [1.82, 2.24) is 15.2 Å². The van der Waals surface area contributed by atoms with E-state index in [4.69, 9.17) is 0 Å². The fourth-order valence-electron chi connectivity index (χ4n) is 2.86. The fourth-order valence-corrected chi connectivity index (χ4v) is 3.46. The highest BCUT2D eigenvalue weighted by Gasteiger charge is 2.32. The summed E-state index contributed by atoms with van der Waals surface area (Å²) < 4.78 is 13.3. The van der Waals surface area contributed by atoms with Gasteiger partial charge in [-0.1, -0.05) is 6.07 Å². The molecule has 1 aromatic heterocycles. The molecule has 4 nitrogen and oxygen atoms in total. The van der Waals surface area contributed by atoms with E-state index >= 15 is 0 Å². The Kier molecular flexibility index (Phi) is 4.22. The minimum Gasteiger partial charge on any atom is -0.353 e. The lowest BCUT2D eigenvalue weighted by Crippen LogP contribution is -2.49. The van der Waals surface area contributed by atoms with Gasteiger partial charge in [-0.05, 0) is 37.1 Å². The normalized spacial score (nSPS) is 19.2. The standard InChI is InChI=1S/C16H18FN3OS/c1-10-7-12(17)3-4-14(10)15-16(21)18-5-6-20(15)8-13-9-22-11(2)19-13/h3-4,7,9,15H,5-6,8H2,1-2H3,(H,18,21). The summed E-state index contributed by atoms with van der Waals surface area (Å²) in [5.74, 6) is -0.313. The zero-order valence-corrected chi connectivity index (χ0v) is 13.4. The van der Waals surface area contributed by atoms with Crippen molar-refractivity contribution in [3.8, 4) is 0 Å². The number of nitrogens with one attached hydrogen (secondary N) is 1. The average Bonchev–Trinajstić information content (AvgIpc) is 2.86. The molecule has 1 aliphatic heterocycles. The van der Waals surface area contributed by atoms with Crippen molar-refractivity contribution in [2.75, 3.05) is 13.1 Å². The largest absolute Gasteiger partial charge is 0.353 e. The number of thiazole rings is 1. The number of nitrogens with zero attached hydrogens (tertiary/aromatic N) is 2. The smallest absolute Gasteiger partial charge is 0.242 e. The number of benzene rings is 1. The summed E-state index contributed by atoms with van der Waals surface area (Å²) in [5, 5.41) is 5.94. The summed E-state index contributed by atoms with van der Waals surface area (Å²) in [6.45, 7) is 5.81. The first-order chi connectivity index (χ1) is 10.5. The van der Waals surface area contributed by atoms with Gasteiger partial charge in [0.2, 0.25) is 5.91 Å². The number of aromatic nitrogens is 1. The molecule has 22 heavy (non-hydrogen) atoms. The molecule has 1 amide bonds. The van der Waals surface area contributed by atoms with Crippen molar-refractivity contribution in [2.24, 2.45) is 0 Å². The molecule has 1 fully saturated rings. The van der Waals surface area contributed by atoms with Crippen LogP contribution in [0.25, 0.3) is 0 Å². The lowest BCUT2D eigenvalue weighted by atomic mass is 9.97. The predicted octanol–water partition coefficient (Wildman–Crippen LogP) is 2.57. The summed E-state index contributed by atoms with van der Waals surface area (Å²) in [6.07, 6.45) is 0. The van der Waals surface area contributed by atoms with Gasteiger partial charge < -0.3 is 5.32 Å². The maximum atomic E-state index is 13.3. The molecule has 0 aliphatic carbocycles. The second-order valence-corrected chi connectivity index (χ2v) is 6.59. The van der Waals surface area contributed by atoms with Crippen molar-refractivity contribution in [3.63, 3.8) is 0 Å². The van der Waals surface area contributed by atoms with Crippen LogP contribution in [0.5, 0.6) is 0 Å². The topological polar surface area (TPSA) is 45.2 Å². The van der Waals surface area contributed by atoms with Crippen LogP contribution in [0.1, 0.15) is 27.9 Å². The number of carbonyl (C=O) groups is 1. The van der Waals surface area contributed by atoms with E-state index in [0.29, 0.717) is 13.1 Å². The van der Waals surface area contributed by atoms with Gasteiger partial charge in [0.1, 0.15) is 11.9 Å². The molecule has 2 heterocycles. The van der Waals surface area contributed by atoms with Crippen LogP contribution in [-0.4, -0.2) is 28.9 Å². The molecule has 0 spiro atoms. The Hall–Kier alpha value is -1.79. The Bertz CT molecular complexity index is 700. The third kappa shape index (κ3) is 3.03. The number of aryl methyl sites for hydroxylation is 2. The van der Waals surface area contributed by atoms with Crippen LogP contribution in [0.3, 0.4) is 0 Å². The minimum absolute atomic E-state index is 0.0343. The van der Waals surface area contributed by atoms with E-state index in [1.807, 2.05) is 19.2 Å². The monoisotopic (exact) mass is 319 g/mol. The van der Waals surface area contributed by atoms with Crippen LogP contribution in [0, 0.1) is 19.7 Å². The highest BCUT2D eigenvalue weighted by atomic mass is 32.1. The van der Waals surface area contributed by atoms with Crippen LogP contribution in [0.15, 0.2) is 23.6 Å². The molecule has 1 saturated heterocycles. The highest BCUT2D eigenvalue weighted by Crippen LogP contribution is 2.28. The van der Waals surface area contributed by atoms with E-state index < -0.39 is 6.04 Å². The lowest BCUT2D eigenvalue weighted by Gasteiger charge is -2.35. The van der Waals surface area contributed by atoms with E-state index in [2.05, 4.69) is 15.2 Å². The van der Waals surface area contributed by atoms with Gasteiger partial charge in [-0.2, -0.15) is 0 Å². The molecular formula is C16H18FN3OS. The maximum Gasteiger partial charge on any atom is 0.242 e. The molecular weight excluding hydrogens is 301 g/mol. The van der Waals surface area contributed by atoms with Gasteiger partial charge in [0.05, 0.1) is 10.7 Å². The van der Waals surface area contributed by atoms with Crippen molar-refractivity contribution in [2.45, 2.75) is 26.4 Å². The Morgan fingerprint density at radius 3 is 2.95 bits per heavy atom. The average molecular weight is 319 g/mol. The van der Waals surface area contributed by atoms with Gasteiger partial charge in [0.25, 0.3) is 0 Å². The Morgan fingerprint density at radius 2 is 2.27 bits per heavy atom. The minimum atomic E-state index is -0.392. The zero-order valence-electron chi connectivity index (χ0n) is 12.6. The SMILES string of the molecule is Cc1nc(CN2CCNC(=O)C2c2ccc(F)cc2C)cs1. The molecule has 0 saturated carbocycles. The van der Waals surface area contributed by atoms with Crippen LogP contribution in [0.4, 0.5) is 4.39 Å². The lowest BCUT2D eigenvalue weighted by molar-refractivity contribution is -0.129. The van der Waals surface area contributed by atoms with Crippen molar-refractivity contribution in [1.29, 1.82) is 0 Å². The first-order valence-corrected chi connectivity index (χ1v) is 8.11. The number of carbonyl (C=O) groups excluding carboxylic acids is 1. The molecule has 2 aromatic rings. The highest BCUT2D eigenvalue weighted by molar-refractivity contribution is 7.09. The van der Waals surface area contributed by atoms with Gasteiger partial charge in [-0.15, -0.1) is 11.3 Å². The molecule has 3 rings (SSSR count). The maximum absolute atomic E-state index is 13.3. The summed E-state index contributed by atoms with van der Waals surface area (Å²) in [7, 11) is 0.